The number of piperidine rings is 1. The van der Waals surface area contributed by atoms with E-state index in [2.05, 4.69) is 27.1 Å². The van der Waals surface area contributed by atoms with E-state index in [1.165, 1.54) is 6.07 Å². The van der Waals surface area contributed by atoms with Gasteiger partial charge in [0.25, 0.3) is 0 Å². The van der Waals surface area contributed by atoms with Crippen molar-refractivity contribution in [3.05, 3.63) is 71.4 Å². The van der Waals surface area contributed by atoms with Gasteiger partial charge < -0.3 is 20.7 Å². The van der Waals surface area contributed by atoms with Gasteiger partial charge in [-0.05, 0) is 48.2 Å². The van der Waals surface area contributed by atoms with Crippen molar-refractivity contribution in [2.45, 2.75) is 44.4 Å². The van der Waals surface area contributed by atoms with Crippen LogP contribution in [0.1, 0.15) is 37.4 Å². The Hall–Kier alpha value is -3.24. The van der Waals surface area contributed by atoms with E-state index >= 15 is 13.2 Å². The van der Waals surface area contributed by atoms with Gasteiger partial charge in [-0.15, -0.1) is 0 Å². The highest BCUT2D eigenvalue weighted by Gasteiger charge is 2.36. The molecule has 5 rings (SSSR count). The Kier molecular flexibility index (Phi) is 7.54. The first-order valence-corrected chi connectivity index (χ1v) is 12.8. The summed E-state index contributed by atoms with van der Waals surface area (Å²) >= 11 is 0. The van der Waals surface area contributed by atoms with Crippen LogP contribution in [0.3, 0.4) is 0 Å². The van der Waals surface area contributed by atoms with Crippen LogP contribution in [0.15, 0.2) is 42.7 Å². The summed E-state index contributed by atoms with van der Waals surface area (Å²) in [7, 11) is 0. The topological polar surface area (TPSA) is 76.3 Å². The van der Waals surface area contributed by atoms with Gasteiger partial charge >= 0.3 is 0 Å². The molecule has 0 saturated carbocycles. The van der Waals surface area contributed by atoms with Crippen LogP contribution in [0.5, 0.6) is 0 Å². The number of nitrogens with zero attached hydrogens (tertiary/aromatic N) is 3. The second-order valence-corrected chi connectivity index (χ2v) is 10.3. The summed E-state index contributed by atoms with van der Waals surface area (Å²) in [5, 5.41) is 3.26. The summed E-state index contributed by atoms with van der Waals surface area (Å²) in [4.78, 5) is 10.6. The summed E-state index contributed by atoms with van der Waals surface area (Å²) in [5.41, 5.74) is 5.17. The number of nitrogens with two attached hydrogens (primary N) is 1. The molecule has 3 aromatic rings. The van der Waals surface area contributed by atoms with Crippen LogP contribution in [0.4, 0.5) is 28.9 Å². The minimum Gasteiger partial charge on any atom is -0.381 e. The molecule has 4 heterocycles. The average Bonchev–Trinajstić information content (AvgIpc) is 2.88. The maximum Gasteiger partial charge on any atom is 0.149 e. The van der Waals surface area contributed by atoms with E-state index in [-0.39, 0.29) is 44.2 Å². The Morgan fingerprint density at radius 2 is 1.82 bits per heavy atom. The zero-order valence-corrected chi connectivity index (χ0v) is 21.2. The first kappa shape index (κ1) is 26.4. The maximum absolute atomic E-state index is 15.3. The molecular formula is C28H31F4N5O. The molecule has 2 fully saturated rings. The highest BCUT2D eigenvalue weighted by molar-refractivity contribution is 5.69. The second-order valence-electron chi connectivity index (χ2n) is 10.3. The van der Waals surface area contributed by atoms with E-state index in [1.54, 1.807) is 12.4 Å². The highest BCUT2D eigenvalue weighted by Crippen LogP contribution is 2.39. The van der Waals surface area contributed by atoms with Crippen molar-refractivity contribution in [2.75, 3.05) is 36.5 Å². The average molecular weight is 530 g/mol. The molecule has 0 aliphatic carbocycles. The van der Waals surface area contributed by atoms with Crippen molar-refractivity contribution in [3.63, 3.8) is 0 Å². The predicted molar refractivity (Wildman–Crippen MR) is 138 cm³/mol. The molecule has 0 radical (unpaired) electrons. The van der Waals surface area contributed by atoms with Crippen LogP contribution in [0.2, 0.25) is 0 Å². The molecule has 2 aliphatic heterocycles. The lowest BCUT2D eigenvalue weighted by molar-refractivity contribution is -0.0117. The van der Waals surface area contributed by atoms with Crippen LogP contribution < -0.4 is 16.0 Å². The third-order valence-electron chi connectivity index (χ3n) is 7.28. The number of nitrogens with one attached hydrogen (secondary N) is 1. The number of hydrogen-bond donors (Lipinski definition) is 2. The molecule has 10 heteroatoms. The number of alkyl halides is 1. The van der Waals surface area contributed by atoms with Crippen molar-refractivity contribution in [1.29, 1.82) is 0 Å². The number of hydrogen-bond acceptors (Lipinski definition) is 6. The van der Waals surface area contributed by atoms with Gasteiger partial charge in [0.05, 0.1) is 35.4 Å². The molecule has 2 aliphatic rings. The Morgan fingerprint density at radius 1 is 1.08 bits per heavy atom. The van der Waals surface area contributed by atoms with Gasteiger partial charge in [0.2, 0.25) is 0 Å². The largest absolute Gasteiger partial charge is 0.381 e. The molecule has 202 valence electrons. The minimum atomic E-state index is -1.90. The fourth-order valence-corrected chi connectivity index (χ4v) is 5.38. The molecule has 0 amide bonds. The number of benzene rings is 1. The van der Waals surface area contributed by atoms with Gasteiger partial charge in [-0.3, -0.25) is 4.98 Å². The quantitative estimate of drug-likeness (QED) is 0.421. The molecule has 2 unspecified atom stereocenters. The summed E-state index contributed by atoms with van der Waals surface area (Å²) in [6, 6.07) is 6.40. The zero-order chi connectivity index (χ0) is 26.9. The number of anilines is 2. The van der Waals surface area contributed by atoms with E-state index in [0.717, 1.165) is 42.5 Å². The lowest BCUT2D eigenvalue weighted by Crippen LogP contribution is -2.46. The zero-order valence-electron chi connectivity index (χ0n) is 21.2. The lowest BCUT2D eigenvalue weighted by atomic mass is 9.87. The van der Waals surface area contributed by atoms with E-state index in [9.17, 15) is 4.39 Å². The Balaban J connectivity index is 1.39. The van der Waals surface area contributed by atoms with Gasteiger partial charge in [-0.1, -0.05) is 6.92 Å². The number of ether oxygens (including phenoxy) is 1. The van der Waals surface area contributed by atoms with Crippen LogP contribution in [0.25, 0.3) is 11.3 Å². The normalized spacial score (nSPS) is 21.4. The molecule has 1 aromatic carbocycles. The van der Waals surface area contributed by atoms with Crippen molar-refractivity contribution in [2.24, 2.45) is 11.7 Å². The fraction of sp³-hybridized carbons (Fsp3) is 0.429. The molecule has 6 nitrogen and oxygen atoms in total. The Labute approximate surface area is 219 Å². The first-order chi connectivity index (χ1) is 18.2. The smallest absolute Gasteiger partial charge is 0.149 e. The summed E-state index contributed by atoms with van der Waals surface area (Å²) in [6.07, 6.45) is 4.35. The van der Waals surface area contributed by atoms with E-state index in [1.807, 2.05) is 6.07 Å². The van der Waals surface area contributed by atoms with Gasteiger partial charge in [0.15, 0.2) is 0 Å². The van der Waals surface area contributed by atoms with Gasteiger partial charge in [-0.2, -0.15) is 0 Å². The molecule has 2 atom stereocenters. The number of rotatable bonds is 6. The van der Waals surface area contributed by atoms with Crippen LogP contribution in [-0.4, -0.2) is 42.3 Å². The van der Waals surface area contributed by atoms with Crippen LogP contribution in [0, 0.1) is 23.4 Å². The van der Waals surface area contributed by atoms with E-state index in [4.69, 9.17) is 10.5 Å². The number of pyridine rings is 2. The fourth-order valence-electron chi connectivity index (χ4n) is 5.38. The summed E-state index contributed by atoms with van der Waals surface area (Å²) in [6.45, 7) is 4.21. The number of halogens is 4. The van der Waals surface area contributed by atoms with E-state index in [0.29, 0.717) is 18.2 Å². The summed E-state index contributed by atoms with van der Waals surface area (Å²) in [5.74, 6) is -2.56. The molecule has 3 N–H and O–H groups in total. The van der Waals surface area contributed by atoms with Crippen molar-refractivity contribution >= 4 is 11.4 Å². The molecule has 0 bridgehead atoms. The van der Waals surface area contributed by atoms with Crippen molar-refractivity contribution in [3.8, 4) is 11.3 Å². The van der Waals surface area contributed by atoms with Gasteiger partial charge in [-0.25, -0.2) is 22.5 Å². The monoisotopic (exact) mass is 529 g/mol. The molecule has 2 aromatic heterocycles. The first-order valence-electron chi connectivity index (χ1n) is 12.8. The van der Waals surface area contributed by atoms with Crippen molar-refractivity contribution < 1.29 is 22.3 Å². The van der Waals surface area contributed by atoms with Crippen molar-refractivity contribution in [1.82, 2.24) is 9.97 Å². The Morgan fingerprint density at radius 3 is 2.53 bits per heavy atom. The van der Waals surface area contributed by atoms with Gasteiger partial charge in [0, 0.05) is 51.4 Å². The second kappa shape index (κ2) is 10.9. The number of aromatic nitrogens is 2. The van der Waals surface area contributed by atoms with Gasteiger partial charge in [0.1, 0.15) is 28.8 Å². The van der Waals surface area contributed by atoms with E-state index < -0.39 is 34.4 Å². The molecule has 0 spiro atoms. The predicted octanol–water partition coefficient (Wildman–Crippen LogP) is 5.32. The lowest BCUT2D eigenvalue weighted by Gasteiger charge is -2.37. The standard InChI is InChI=1S/C28H31F4N5O/c1-17-10-19(33)16-37(15-17)25-4-7-34-14-24(25)35-13-20-2-3-21(29)27(36-20)26-22(30)11-18(12-23(26)31)28(32)5-8-38-9-6-28/h2-4,7,11-12,14,17,19,35H,5-6,8-10,13,15-16,33H2,1H3. The van der Waals surface area contributed by atoms with Crippen LogP contribution >= 0.6 is 0 Å². The third kappa shape index (κ3) is 5.47. The summed E-state index contributed by atoms with van der Waals surface area (Å²) < 4.78 is 65.5. The molecule has 38 heavy (non-hydrogen) atoms. The SMILES string of the molecule is CC1CC(N)CN(c2ccncc2NCc2ccc(F)c(-c3c(F)cc(C4(F)CCOCC4)cc3F)n2)C1. The highest BCUT2D eigenvalue weighted by atomic mass is 19.1. The minimum absolute atomic E-state index is 0.00238. The third-order valence-corrected chi connectivity index (χ3v) is 7.28. The van der Waals surface area contributed by atoms with Crippen LogP contribution in [-0.2, 0) is 17.0 Å². The molecule has 2 saturated heterocycles. The Bertz CT molecular complexity index is 1270. The maximum atomic E-state index is 15.3. The molecular weight excluding hydrogens is 498 g/mol.